The van der Waals surface area contributed by atoms with Crippen molar-refractivity contribution in [2.75, 3.05) is 0 Å². The highest BCUT2D eigenvalue weighted by atomic mass is 16.1. The minimum atomic E-state index is -0.237. The number of ketones is 1. The maximum absolute atomic E-state index is 11.9. The molecule has 0 aromatic carbocycles. The summed E-state index contributed by atoms with van der Waals surface area (Å²) in [5.74, 6) is 0.378. The summed E-state index contributed by atoms with van der Waals surface area (Å²) in [6, 6.07) is 0. The van der Waals surface area contributed by atoms with Gasteiger partial charge in [-0.05, 0) is 33.6 Å². The molecular formula is C15H26O. The number of rotatable bonds is 3. The molecule has 1 aliphatic rings. The molecule has 0 aromatic heterocycles. The molecule has 1 nitrogen and oxygen atoms in total. The van der Waals surface area contributed by atoms with Gasteiger partial charge in [-0.15, -0.1) is 0 Å². The summed E-state index contributed by atoms with van der Waals surface area (Å²) < 4.78 is 0. The number of allylic oxidation sites excluding steroid dienone is 4. The highest BCUT2D eigenvalue weighted by molar-refractivity contribution is 5.87. The summed E-state index contributed by atoms with van der Waals surface area (Å²) >= 11 is 0. The number of carbonyl (C=O) groups is 1. The molecule has 1 aliphatic carbocycles. The molecule has 1 atom stereocenters. The lowest BCUT2D eigenvalue weighted by molar-refractivity contribution is -0.125. The van der Waals surface area contributed by atoms with E-state index in [0.29, 0.717) is 12.2 Å². The smallest absolute Gasteiger partial charge is 0.142 e. The van der Waals surface area contributed by atoms with Crippen molar-refractivity contribution in [1.29, 1.82) is 0 Å². The summed E-state index contributed by atoms with van der Waals surface area (Å²) in [4.78, 5) is 11.9. The Labute approximate surface area is 101 Å². The summed E-state index contributed by atoms with van der Waals surface area (Å²) in [5.41, 5.74) is 2.33. The normalized spacial score (nSPS) is 23.9. The lowest BCUT2D eigenvalue weighted by atomic mass is 9.75. The number of hydrogen-bond acceptors (Lipinski definition) is 1. The molecule has 16 heavy (non-hydrogen) atoms. The molecule has 0 radical (unpaired) electrons. The van der Waals surface area contributed by atoms with Crippen molar-refractivity contribution in [1.82, 2.24) is 0 Å². The second kappa shape index (κ2) is 6.67. The van der Waals surface area contributed by atoms with Crippen LogP contribution in [0.4, 0.5) is 0 Å². The van der Waals surface area contributed by atoms with E-state index in [4.69, 9.17) is 0 Å². The van der Waals surface area contributed by atoms with E-state index >= 15 is 0 Å². The molecule has 0 aromatic rings. The molecule has 0 fully saturated rings. The van der Waals surface area contributed by atoms with Crippen molar-refractivity contribution in [3.8, 4) is 0 Å². The highest BCUT2D eigenvalue weighted by Gasteiger charge is 2.30. The molecule has 0 aliphatic heterocycles. The lowest BCUT2D eigenvalue weighted by Crippen LogP contribution is -2.27. The predicted molar refractivity (Wildman–Crippen MR) is 71.5 cm³/mol. The van der Waals surface area contributed by atoms with Gasteiger partial charge >= 0.3 is 0 Å². The van der Waals surface area contributed by atoms with E-state index in [2.05, 4.69) is 39.8 Å². The first-order valence-electron chi connectivity index (χ1n) is 6.39. The fourth-order valence-corrected chi connectivity index (χ4v) is 1.88. The predicted octanol–water partition coefficient (Wildman–Crippen LogP) is 4.68. The topological polar surface area (TPSA) is 17.1 Å². The second-order valence-electron chi connectivity index (χ2n) is 4.51. The molecular weight excluding hydrogens is 196 g/mol. The molecule has 0 heterocycles. The molecule has 0 amide bonds. The first-order chi connectivity index (χ1) is 7.49. The monoisotopic (exact) mass is 222 g/mol. The van der Waals surface area contributed by atoms with Gasteiger partial charge in [0.1, 0.15) is 5.78 Å². The molecule has 1 unspecified atom stereocenters. The van der Waals surface area contributed by atoms with Crippen LogP contribution in [0, 0.1) is 5.41 Å². The zero-order chi connectivity index (χ0) is 12.8. The summed E-state index contributed by atoms with van der Waals surface area (Å²) in [7, 11) is 0. The standard InChI is InChI=1S/C13H20O.C2H6/c1-5-6-12(14)13(4)8-7-10(2)11(3)9-13;1-2/h7,9H,5-6,8H2,1-4H3;1-2H3. The molecule has 0 saturated carbocycles. The third-order valence-electron chi connectivity index (χ3n) is 3.10. The van der Waals surface area contributed by atoms with E-state index in [9.17, 15) is 4.79 Å². The van der Waals surface area contributed by atoms with Crippen molar-refractivity contribution < 1.29 is 4.79 Å². The van der Waals surface area contributed by atoms with Gasteiger partial charge in [0.25, 0.3) is 0 Å². The van der Waals surface area contributed by atoms with Crippen LogP contribution in [-0.4, -0.2) is 5.78 Å². The minimum Gasteiger partial charge on any atom is -0.299 e. The Morgan fingerprint density at radius 1 is 1.31 bits per heavy atom. The van der Waals surface area contributed by atoms with Gasteiger partial charge in [0.2, 0.25) is 0 Å². The van der Waals surface area contributed by atoms with Gasteiger partial charge in [-0.3, -0.25) is 4.79 Å². The van der Waals surface area contributed by atoms with Crippen LogP contribution in [0.1, 0.15) is 60.8 Å². The first kappa shape index (κ1) is 15.2. The van der Waals surface area contributed by atoms with Gasteiger partial charge in [0.05, 0.1) is 0 Å². The minimum absolute atomic E-state index is 0.237. The van der Waals surface area contributed by atoms with Crippen LogP contribution < -0.4 is 0 Å². The third-order valence-corrected chi connectivity index (χ3v) is 3.10. The lowest BCUT2D eigenvalue weighted by Gasteiger charge is -2.28. The number of carbonyl (C=O) groups excluding carboxylic acids is 1. The average Bonchev–Trinajstić information content (AvgIpc) is 2.27. The Morgan fingerprint density at radius 2 is 1.88 bits per heavy atom. The Bertz CT molecular complexity index is 297. The van der Waals surface area contributed by atoms with Gasteiger partial charge in [-0.25, -0.2) is 0 Å². The molecule has 1 rings (SSSR count). The summed E-state index contributed by atoms with van der Waals surface area (Å²) in [6.45, 7) is 12.3. The summed E-state index contributed by atoms with van der Waals surface area (Å²) in [5, 5.41) is 0. The van der Waals surface area contributed by atoms with Gasteiger partial charge in [-0.2, -0.15) is 0 Å². The van der Waals surface area contributed by atoms with E-state index < -0.39 is 0 Å². The molecule has 92 valence electrons. The van der Waals surface area contributed by atoms with E-state index in [1.54, 1.807) is 0 Å². The number of hydrogen-bond donors (Lipinski definition) is 0. The van der Waals surface area contributed by atoms with Crippen molar-refractivity contribution in [3.63, 3.8) is 0 Å². The average molecular weight is 222 g/mol. The first-order valence-corrected chi connectivity index (χ1v) is 6.39. The second-order valence-corrected chi connectivity index (χ2v) is 4.51. The zero-order valence-corrected chi connectivity index (χ0v) is 11.7. The fraction of sp³-hybridized carbons (Fsp3) is 0.667. The quantitative estimate of drug-likeness (QED) is 0.677. The SMILES string of the molecule is CC.CCCC(=O)C1(C)C=C(C)C(C)=CC1. The van der Waals surface area contributed by atoms with E-state index in [1.165, 1.54) is 11.1 Å². The van der Waals surface area contributed by atoms with Gasteiger partial charge in [0.15, 0.2) is 0 Å². The fourth-order valence-electron chi connectivity index (χ4n) is 1.88. The molecule has 0 N–H and O–H groups in total. The van der Waals surface area contributed by atoms with E-state index in [0.717, 1.165) is 12.8 Å². The van der Waals surface area contributed by atoms with Crippen LogP contribution >= 0.6 is 0 Å². The van der Waals surface area contributed by atoms with E-state index in [-0.39, 0.29) is 5.41 Å². The third kappa shape index (κ3) is 3.62. The molecule has 0 saturated heterocycles. The Balaban J connectivity index is 0.00000106. The van der Waals surface area contributed by atoms with Crippen molar-refractivity contribution in [2.45, 2.75) is 60.8 Å². The van der Waals surface area contributed by atoms with Gasteiger partial charge < -0.3 is 0 Å². The van der Waals surface area contributed by atoms with Crippen molar-refractivity contribution in [3.05, 3.63) is 23.3 Å². The highest BCUT2D eigenvalue weighted by Crippen LogP contribution is 2.34. The van der Waals surface area contributed by atoms with E-state index in [1.807, 2.05) is 13.8 Å². The summed E-state index contributed by atoms with van der Waals surface area (Å²) in [6.07, 6.45) is 6.84. The Morgan fingerprint density at radius 3 is 2.31 bits per heavy atom. The van der Waals surface area contributed by atoms with Crippen molar-refractivity contribution in [2.24, 2.45) is 5.41 Å². The van der Waals surface area contributed by atoms with Crippen LogP contribution in [0.25, 0.3) is 0 Å². The molecule has 0 spiro atoms. The number of Topliss-reactive ketones (excluding diaryl/α,β-unsaturated/α-hetero) is 1. The van der Waals surface area contributed by atoms with Gasteiger partial charge in [0, 0.05) is 11.8 Å². The maximum atomic E-state index is 11.9. The molecule has 0 bridgehead atoms. The van der Waals surface area contributed by atoms with Gasteiger partial charge in [-0.1, -0.05) is 44.1 Å². The van der Waals surface area contributed by atoms with Crippen molar-refractivity contribution >= 4 is 5.78 Å². The maximum Gasteiger partial charge on any atom is 0.142 e. The molecule has 1 heteroatoms. The Kier molecular flexibility index (Phi) is 6.32. The van der Waals surface area contributed by atoms with Crippen LogP contribution in [-0.2, 0) is 4.79 Å². The zero-order valence-electron chi connectivity index (χ0n) is 11.7. The largest absolute Gasteiger partial charge is 0.299 e. The Hall–Kier alpha value is -0.850. The van der Waals surface area contributed by atoms with Crippen LogP contribution in [0.2, 0.25) is 0 Å². The van der Waals surface area contributed by atoms with Crippen LogP contribution in [0.15, 0.2) is 23.3 Å². The van der Waals surface area contributed by atoms with Crippen LogP contribution in [0.3, 0.4) is 0 Å². The van der Waals surface area contributed by atoms with Crippen LogP contribution in [0.5, 0.6) is 0 Å².